The van der Waals surface area contributed by atoms with E-state index in [-0.39, 0.29) is 36.0 Å². The van der Waals surface area contributed by atoms with Crippen molar-refractivity contribution in [3.8, 4) is 11.5 Å². The van der Waals surface area contributed by atoms with E-state index in [1.54, 1.807) is 0 Å². The number of methoxy groups -OCH3 is 2. The third-order valence-electron chi connectivity index (χ3n) is 10.8. The Labute approximate surface area is 275 Å². The third-order valence-corrected chi connectivity index (χ3v) is 10.8. The average molecular weight is 631 g/mol. The molecule has 0 N–H and O–H groups in total. The molecule has 3 aromatic carbocycles. The summed E-state index contributed by atoms with van der Waals surface area (Å²) in [4.78, 5) is 26.1. The average Bonchev–Trinajstić information content (AvgIpc) is 3.10. The van der Waals surface area contributed by atoms with E-state index < -0.39 is 0 Å². The topological polar surface area (TPSA) is 71.1 Å². The Balaban J connectivity index is 1.43. The lowest BCUT2D eigenvalue weighted by Crippen LogP contribution is -2.33. The van der Waals surface area contributed by atoms with Crippen molar-refractivity contribution in [1.82, 2.24) is 0 Å². The minimum Gasteiger partial charge on any atom is -0.489 e. The van der Waals surface area contributed by atoms with Crippen molar-refractivity contribution >= 4 is 33.5 Å². The number of hydrogen-bond acceptors (Lipinski definition) is 6. The van der Waals surface area contributed by atoms with Crippen molar-refractivity contribution in [3.05, 3.63) is 48.5 Å². The summed E-state index contributed by atoms with van der Waals surface area (Å²) in [6.07, 6.45) is 15.5. The molecule has 0 bridgehead atoms. The fraction of sp³-hybridized carbons (Fsp3) is 0.600. The maximum Gasteiger partial charge on any atom is 0.312 e. The predicted octanol–water partition coefficient (Wildman–Crippen LogP) is 9.83. The molecule has 0 aromatic heterocycles. The van der Waals surface area contributed by atoms with Gasteiger partial charge >= 0.3 is 11.9 Å². The van der Waals surface area contributed by atoms with E-state index in [2.05, 4.69) is 24.3 Å². The van der Waals surface area contributed by atoms with E-state index in [9.17, 15) is 9.59 Å². The zero-order valence-corrected chi connectivity index (χ0v) is 28.4. The van der Waals surface area contributed by atoms with Crippen LogP contribution in [0.2, 0.25) is 0 Å². The fourth-order valence-electron chi connectivity index (χ4n) is 8.01. The summed E-state index contributed by atoms with van der Waals surface area (Å²) < 4.78 is 24.2. The highest BCUT2D eigenvalue weighted by Crippen LogP contribution is 2.44. The van der Waals surface area contributed by atoms with Crippen LogP contribution in [0.15, 0.2) is 48.5 Å². The Hall–Kier alpha value is -3.28. The SMILES string of the molecule is COC(=O)C(CCC1CCCCC1)C(C)Oc1c2ccccc2c(OC(C)C(CCC2CCCCC2)C(=O)OC)c2ccccc12. The summed E-state index contributed by atoms with van der Waals surface area (Å²) in [5.41, 5.74) is 0. The molecule has 4 atom stereocenters. The minimum atomic E-state index is -0.378. The molecule has 0 radical (unpaired) electrons. The molecule has 0 heterocycles. The predicted molar refractivity (Wildman–Crippen MR) is 184 cm³/mol. The molecule has 2 aliphatic rings. The molecule has 0 aliphatic heterocycles. The summed E-state index contributed by atoms with van der Waals surface area (Å²) in [5, 5.41) is 3.68. The molecular formula is C40H54O6. The first-order valence-electron chi connectivity index (χ1n) is 17.8. The standard InChI is InChI=1S/C40H54O6/c1-27(31(39(41)43-3)25-23-29-15-7-5-8-16-29)45-37-33-19-11-13-21-35(33)38(36-22-14-12-20-34(36)37)46-28(2)32(40(42)44-4)26-24-30-17-9-6-10-18-30/h11-14,19-22,27-32H,5-10,15-18,23-26H2,1-4H3. The van der Waals surface area contributed by atoms with Gasteiger partial charge in [-0.2, -0.15) is 0 Å². The number of carbonyl (C=O) groups is 2. The Morgan fingerprint density at radius 2 is 0.913 bits per heavy atom. The molecule has 2 aliphatic carbocycles. The first kappa shape index (κ1) is 34.1. The minimum absolute atomic E-state index is 0.215. The molecular weight excluding hydrogens is 576 g/mol. The van der Waals surface area contributed by atoms with E-state index in [0.29, 0.717) is 11.8 Å². The molecule has 0 amide bonds. The second-order valence-electron chi connectivity index (χ2n) is 13.8. The molecule has 0 saturated heterocycles. The molecule has 250 valence electrons. The Morgan fingerprint density at radius 1 is 0.587 bits per heavy atom. The second kappa shape index (κ2) is 16.5. The van der Waals surface area contributed by atoms with Gasteiger partial charge in [0.15, 0.2) is 0 Å². The zero-order chi connectivity index (χ0) is 32.5. The number of rotatable bonds is 14. The van der Waals surface area contributed by atoms with Gasteiger partial charge in [-0.3, -0.25) is 9.59 Å². The van der Waals surface area contributed by atoms with E-state index >= 15 is 0 Å². The number of fused-ring (bicyclic) bond motifs is 2. The van der Waals surface area contributed by atoms with Gasteiger partial charge < -0.3 is 18.9 Å². The van der Waals surface area contributed by atoms with Crippen LogP contribution in [-0.2, 0) is 19.1 Å². The fourth-order valence-corrected chi connectivity index (χ4v) is 8.01. The highest BCUT2D eigenvalue weighted by atomic mass is 16.5. The number of benzene rings is 3. The van der Waals surface area contributed by atoms with Crippen LogP contribution in [0.3, 0.4) is 0 Å². The van der Waals surface area contributed by atoms with Crippen LogP contribution in [0.5, 0.6) is 11.5 Å². The van der Waals surface area contributed by atoms with Crippen molar-refractivity contribution in [2.24, 2.45) is 23.7 Å². The smallest absolute Gasteiger partial charge is 0.312 e. The first-order valence-corrected chi connectivity index (χ1v) is 17.8. The van der Waals surface area contributed by atoms with Gasteiger partial charge in [0.2, 0.25) is 0 Å². The lowest BCUT2D eigenvalue weighted by Gasteiger charge is -2.29. The molecule has 0 spiro atoms. The summed E-state index contributed by atoms with van der Waals surface area (Å²) in [6, 6.07) is 16.2. The van der Waals surface area contributed by atoms with Gasteiger partial charge in [0.05, 0.1) is 26.1 Å². The van der Waals surface area contributed by atoms with Crippen LogP contribution < -0.4 is 9.47 Å². The van der Waals surface area contributed by atoms with Crippen molar-refractivity contribution in [3.63, 3.8) is 0 Å². The van der Waals surface area contributed by atoms with E-state index in [1.807, 2.05) is 38.1 Å². The summed E-state index contributed by atoms with van der Waals surface area (Å²) in [7, 11) is 2.94. The molecule has 2 saturated carbocycles. The molecule has 6 nitrogen and oxygen atoms in total. The number of esters is 2. The maximum atomic E-state index is 13.1. The van der Waals surface area contributed by atoms with Gasteiger partial charge in [-0.1, -0.05) is 113 Å². The van der Waals surface area contributed by atoms with Crippen LogP contribution in [0.1, 0.15) is 104 Å². The Kier molecular flexibility index (Phi) is 12.2. The van der Waals surface area contributed by atoms with Crippen molar-refractivity contribution in [2.45, 2.75) is 116 Å². The quantitative estimate of drug-likeness (QED) is 0.130. The van der Waals surface area contributed by atoms with Crippen LogP contribution in [-0.4, -0.2) is 38.4 Å². The zero-order valence-electron chi connectivity index (χ0n) is 28.4. The lowest BCUT2D eigenvalue weighted by molar-refractivity contribution is -0.149. The van der Waals surface area contributed by atoms with Crippen LogP contribution in [0.4, 0.5) is 0 Å². The molecule has 46 heavy (non-hydrogen) atoms. The molecule has 3 aromatic rings. The Bertz CT molecular complexity index is 1270. The van der Waals surface area contributed by atoms with Crippen LogP contribution >= 0.6 is 0 Å². The van der Waals surface area contributed by atoms with Crippen LogP contribution in [0, 0.1) is 23.7 Å². The van der Waals surface area contributed by atoms with Crippen LogP contribution in [0.25, 0.3) is 21.5 Å². The molecule has 6 heteroatoms. The summed E-state index contributed by atoms with van der Waals surface area (Å²) in [5.74, 6) is 1.69. The summed E-state index contributed by atoms with van der Waals surface area (Å²) in [6.45, 7) is 3.98. The van der Waals surface area contributed by atoms with E-state index in [4.69, 9.17) is 18.9 Å². The number of carbonyl (C=O) groups excluding carboxylic acids is 2. The number of ether oxygens (including phenoxy) is 4. The highest BCUT2D eigenvalue weighted by molar-refractivity contribution is 6.11. The normalized spacial score (nSPS) is 18.9. The molecule has 5 rings (SSSR count). The Morgan fingerprint density at radius 3 is 1.22 bits per heavy atom. The molecule has 4 unspecified atom stereocenters. The van der Waals surface area contributed by atoms with Gasteiger partial charge in [0, 0.05) is 21.5 Å². The molecule has 2 fully saturated rings. The van der Waals surface area contributed by atoms with Gasteiger partial charge in [-0.05, 0) is 51.4 Å². The van der Waals surface area contributed by atoms with Crippen molar-refractivity contribution in [1.29, 1.82) is 0 Å². The van der Waals surface area contributed by atoms with Crippen molar-refractivity contribution in [2.75, 3.05) is 14.2 Å². The first-order chi connectivity index (χ1) is 22.4. The lowest BCUT2D eigenvalue weighted by atomic mass is 9.83. The van der Waals surface area contributed by atoms with E-state index in [1.165, 1.54) is 78.4 Å². The summed E-state index contributed by atoms with van der Waals surface area (Å²) >= 11 is 0. The van der Waals surface area contributed by atoms with Gasteiger partial charge in [-0.25, -0.2) is 0 Å². The highest BCUT2D eigenvalue weighted by Gasteiger charge is 2.32. The van der Waals surface area contributed by atoms with Gasteiger partial charge in [-0.15, -0.1) is 0 Å². The van der Waals surface area contributed by atoms with Crippen molar-refractivity contribution < 1.29 is 28.5 Å². The third kappa shape index (κ3) is 8.16. The largest absolute Gasteiger partial charge is 0.489 e. The number of hydrogen-bond donors (Lipinski definition) is 0. The van der Waals surface area contributed by atoms with Gasteiger partial charge in [0.1, 0.15) is 23.7 Å². The second-order valence-corrected chi connectivity index (χ2v) is 13.8. The maximum absolute atomic E-state index is 13.1. The monoisotopic (exact) mass is 630 g/mol. The van der Waals surface area contributed by atoms with Gasteiger partial charge in [0.25, 0.3) is 0 Å². The van der Waals surface area contributed by atoms with E-state index in [0.717, 1.165) is 58.7 Å².